The van der Waals surface area contributed by atoms with E-state index in [9.17, 15) is 9.59 Å². The number of nitrogens with zero attached hydrogens (tertiary/aromatic N) is 1. The van der Waals surface area contributed by atoms with Gasteiger partial charge in [0.05, 0.1) is 4.91 Å². The second-order valence-corrected chi connectivity index (χ2v) is 8.05. The van der Waals surface area contributed by atoms with Gasteiger partial charge >= 0.3 is 0 Å². The van der Waals surface area contributed by atoms with Crippen LogP contribution in [0.2, 0.25) is 5.02 Å². The molecule has 2 aromatic carbocycles. The smallest absolute Gasteiger partial charge is 0.267 e. The summed E-state index contributed by atoms with van der Waals surface area (Å²) in [6, 6.07) is 13.9. The molecule has 3 rings (SSSR count). The lowest BCUT2D eigenvalue weighted by atomic mass is 10.2. The van der Waals surface area contributed by atoms with Crippen LogP contribution >= 0.6 is 51.5 Å². The highest BCUT2D eigenvalue weighted by Gasteiger charge is 2.33. The fourth-order valence-electron chi connectivity index (χ4n) is 2.08. The Morgan fingerprint density at radius 2 is 1.96 bits per heavy atom. The minimum absolute atomic E-state index is 0.272. The topological polar surface area (TPSA) is 49.4 Å². The van der Waals surface area contributed by atoms with E-state index >= 15 is 0 Å². The van der Waals surface area contributed by atoms with Crippen LogP contribution in [-0.2, 0) is 4.79 Å². The number of benzene rings is 2. The van der Waals surface area contributed by atoms with E-state index in [-0.39, 0.29) is 10.2 Å². The highest BCUT2D eigenvalue weighted by atomic mass is 79.9. The van der Waals surface area contributed by atoms with Crippen molar-refractivity contribution < 1.29 is 9.59 Å². The zero-order valence-electron chi connectivity index (χ0n) is 12.5. The molecule has 1 aliphatic rings. The van der Waals surface area contributed by atoms with Gasteiger partial charge in [-0.05, 0) is 60.3 Å². The van der Waals surface area contributed by atoms with Crippen LogP contribution in [0, 0.1) is 0 Å². The Kier molecular flexibility index (Phi) is 5.58. The third-order valence-corrected chi connectivity index (χ3v) is 5.31. The molecule has 0 aromatic heterocycles. The van der Waals surface area contributed by atoms with Gasteiger partial charge in [-0.1, -0.05) is 51.4 Å². The normalized spacial score (nSPS) is 15.8. The molecule has 0 bridgehead atoms. The number of nitrogens with one attached hydrogen (secondary N) is 1. The van der Waals surface area contributed by atoms with Crippen molar-refractivity contribution in [3.05, 3.63) is 74.1 Å². The highest BCUT2D eigenvalue weighted by molar-refractivity contribution is 9.10. The molecule has 1 heterocycles. The quantitative estimate of drug-likeness (QED) is 0.543. The van der Waals surface area contributed by atoms with Crippen LogP contribution in [0.5, 0.6) is 0 Å². The van der Waals surface area contributed by atoms with Crippen molar-refractivity contribution in [2.24, 2.45) is 0 Å². The van der Waals surface area contributed by atoms with E-state index in [1.807, 2.05) is 24.3 Å². The Morgan fingerprint density at radius 3 is 2.64 bits per heavy atom. The zero-order chi connectivity index (χ0) is 18.0. The summed E-state index contributed by atoms with van der Waals surface area (Å²) < 4.78 is 1.18. The second-order valence-electron chi connectivity index (χ2n) is 5.02. The standard InChI is InChI=1S/C17H10BrClN2O2S2/c18-12-3-1-2-10(8-12)9-14-16(23)21(17(24)25-14)20-15(22)11-4-6-13(19)7-5-11/h1-9H,(H,20,22)/b14-9-. The maximum atomic E-state index is 12.5. The van der Waals surface area contributed by atoms with Gasteiger partial charge in [-0.2, -0.15) is 5.01 Å². The van der Waals surface area contributed by atoms with Crippen molar-refractivity contribution >= 4 is 73.7 Å². The molecule has 25 heavy (non-hydrogen) atoms. The van der Waals surface area contributed by atoms with Crippen molar-refractivity contribution in [1.82, 2.24) is 10.4 Å². The monoisotopic (exact) mass is 452 g/mol. The predicted octanol–water partition coefficient (Wildman–Crippen LogP) is 4.65. The highest BCUT2D eigenvalue weighted by Crippen LogP contribution is 2.31. The average molecular weight is 454 g/mol. The SMILES string of the molecule is O=C(NN1C(=O)/C(=C/c2cccc(Br)c2)SC1=S)c1ccc(Cl)cc1. The fourth-order valence-corrected chi connectivity index (χ4v) is 3.80. The molecule has 126 valence electrons. The number of amides is 2. The van der Waals surface area contributed by atoms with Crippen molar-refractivity contribution in [3.63, 3.8) is 0 Å². The van der Waals surface area contributed by atoms with E-state index in [4.69, 9.17) is 23.8 Å². The van der Waals surface area contributed by atoms with Gasteiger partial charge in [0.1, 0.15) is 0 Å². The number of hydrazine groups is 1. The zero-order valence-corrected chi connectivity index (χ0v) is 16.5. The number of thioether (sulfide) groups is 1. The molecule has 4 nitrogen and oxygen atoms in total. The molecule has 0 radical (unpaired) electrons. The van der Waals surface area contributed by atoms with Crippen LogP contribution in [0.1, 0.15) is 15.9 Å². The van der Waals surface area contributed by atoms with Gasteiger partial charge in [0.25, 0.3) is 11.8 Å². The van der Waals surface area contributed by atoms with Gasteiger partial charge in [-0.3, -0.25) is 15.0 Å². The third kappa shape index (κ3) is 4.30. The first-order valence-corrected chi connectivity index (χ1v) is 9.44. The van der Waals surface area contributed by atoms with Gasteiger partial charge in [0.2, 0.25) is 0 Å². The molecule has 1 saturated heterocycles. The van der Waals surface area contributed by atoms with Crippen LogP contribution in [-0.4, -0.2) is 21.1 Å². The average Bonchev–Trinajstić information content (AvgIpc) is 2.83. The second kappa shape index (κ2) is 7.70. The van der Waals surface area contributed by atoms with E-state index in [2.05, 4.69) is 21.4 Å². The molecule has 0 spiro atoms. The Labute approximate surface area is 167 Å². The first-order valence-electron chi connectivity index (χ1n) is 7.04. The molecule has 8 heteroatoms. The first-order chi connectivity index (χ1) is 11.9. The lowest BCUT2D eigenvalue weighted by molar-refractivity contribution is -0.123. The molecule has 0 aliphatic carbocycles. The summed E-state index contributed by atoms with van der Waals surface area (Å²) in [5.41, 5.74) is 3.77. The van der Waals surface area contributed by atoms with Gasteiger partial charge in [-0.15, -0.1) is 0 Å². The number of carbonyl (C=O) groups excluding carboxylic acids is 2. The third-order valence-electron chi connectivity index (χ3n) is 3.26. The lowest BCUT2D eigenvalue weighted by Crippen LogP contribution is -2.44. The predicted molar refractivity (Wildman–Crippen MR) is 108 cm³/mol. The molecule has 0 unspecified atom stereocenters. The van der Waals surface area contributed by atoms with E-state index in [1.165, 1.54) is 0 Å². The molecule has 2 amide bonds. The number of rotatable bonds is 3. The van der Waals surface area contributed by atoms with Crippen LogP contribution in [0.4, 0.5) is 0 Å². The van der Waals surface area contributed by atoms with Crippen molar-refractivity contribution in [1.29, 1.82) is 0 Å². The number of thiocarbonyl (C=S) groups is 1. The maximum Gasteiger partial charge on any atom is 0.285 e. The number of hydrogen-bond acceptors (Lipinski definition) is 4. The maximum absolute atomic E-state index is 12.5. The van der Waals surface area contributed by atoms with Gasteiger partial charge < -0.3 is 0 Å². The van der Waals surface area contributed by atoms with E-state index in [0.717, 1.165) is 26.8 Å². The molecule has 1 N–H and O–H groups in total. The summed E-state index contributed by atoms with van der Waals surface area (Å²) in [7, 11) is 0. The van der Waals surface area contributed by atoms with Gasteiger partial charge in [0, 0.05) is 15.1 Å². The minimum atomic E-state index is -0.434. The molecular formula is C17H10BrClN2O2S2. The number of carbonyl (C=O) groups is 2. The molecule has 2 aromatic rings. The van der Waals surface area contributed by atoms with E-state index < -0.39 is 5.91 Å². The lowest BCUT2D eigenvalue weighted by Gasteiger charge is -2.15. The van der Waals surface area contributed by atoms with Crippen molar-refractivity contribution in [2.45, 2.75) is 0 Å². The molecule has 0 atom stereocenters. The Hall–Kier alpha value is -1.67. The molecule has 1 fully saturated rings. The summed E-state index contributed by atoms with van der Waals surface area (Å²) in [6.07, 6.45) is 1.73. The molecule has 0 saturated carbocycles. The summed E-state index contributed by atoms with van der Waals surface area (Å²) in [6.45, 7) is 0. The van der Waals surface area contributed by atoms with Gasteiger partial charge in [-0.25, -0.2) is 0 Å². The van der Waals surface area contributed by atoms with Gasteiger partial charge in [0.15, 0.2) is 4.32 Å². The van der Waals surface area contributed by atoms with Crippen molar-refractivity contribution in [3.8, 4) is 0 Å². The van der Waals surface area contributed by atoms with Crippen LogP contribution in [0.15, 0.2) is 57.9 Å². The Morgan fingerprint density at radius 1 is 1.24 bits per heavy atom. The van der Waals surface area contributed by atoms with Crippen LogP contribution in [0.25, 0.3) is 6.08 Å². The first kappa shape index (κ1) is 18.1. The van der Waals surface area contributed by atoms with Crippen molar-refractivity contribution in [2.75, 3.05) is 0 Å². The molecule has 1 aliphatic heterocycles. The summed E-state index contributed by atoms with van der Waals surface area (Å²) in [4.78, 5) is 25.2. The van der Waals surface area contributed by atoms with Crippen LogP contribution in [0.3, 0.4) is 0 Å². The number of hydrogen-bond donors (Lipinski definition) is 1. The summed E-state index contributed by atoms with van der Waals surface area (Å²) >= 11 is 15.5. The molecular weight excluding hydrogens is 444 g/mol. The fraction of sp³-hybridized carbons (Fsp3) is 0. The minimum Gasteiger partial charge on any atom is -0.267 e. The Balaban J connectivity index is 1.77. The van der Waals surface area contributed by atoms with E-state index in [0.29, 0.717) is 15.5 Å². The largest absolute Gasteiger partial charge is 0.285 e. The Bertz CT molecular complexity index is 900. The summed E-state index contributed by atoms with van der Waals surface area (Å²) in [5.74, 6) is -0.797. The van der Waals surface area contributed by atoms with Crippen LogP contribution < -0.4 is 5.43 Å². The summed E-state index contributed by atoms with van der Waals surface area (Å²) in [5, 5.41) is 1.61. The number of halogens is 2. The van der Waals surface area contributed by atoms with E-state index in [1.54, 1.807) is 30.3 Å².